The first-order chi connectivity index (χ1) is 14.7. The minimum absolute atomic E-state index is 0.0740. The lowest BCUT2D eigenvalue weighted by Crippen LogP contribution is -2.41. The molecule has 1 amide bonds. The zero-order chi connectivity index (χ0) is 22.5. The molecule has 1 aromatic heterocycles. The summed E-state index contributed by atoms with van der Waals surface area (Å²) in [5, 5.41) is 16.2. The van der Waals surface area contributed by atoms with E-state index in [2.05, 4.69) is 5.10 Å². The predicted octanol–water partition coefficient (Wildman–Crippen LogP) is 4.75. The summed E-state index contributed by atoms with van der Waals surface area (Å²) in [4.78, 5) is 15.1. The second kappa shape index (κ2) is 8.08. The van der Waals surface area contributed by atoms with Crippen LogP contribution in [0, 0.1) is 0 Å². The van der Waals surface area contributed by atoms with E-state index in [-0.39, 0.29) is 18.4 Å². The summed E-state index contributed by atoms with van der Waals surface area (Å²) in [7, 11) is 1.79. The van der Waals surface area contributed by atoms with Crippen LogP contribution in [0.5, 0.6) is 0 Å². The maximum atomic E-state index is 13.4. The van der Waals surface area contributed by atoms with Crippen LogP contribution in [0.4, 0.5) is 4.39 Å². The van der Waals surface area contributed by atoms with Gasteiger partial charge in [-0.15, -0.1) is 0 Å². The number of rotatable bonds is 4. The molecule has 2 atom stereocenters. The molecule has 0 spiro atoms. The predicted molar refractivity (Wildman–Crippen MR) is 120 cm³/mol. The third-order valence-corrected chi connectivity index (χ3v) is 6.87. The molecule has 0 saturated heterocycles. The molecule has 0 aliphatic carbocycles. The van der Waals surface area contributed by atoms with Crippen LogP contribution < -0.4 is 0 Å². The van der Waals surface area contributed by atoms with Crippen molar-refractivity contribution in [2.24, 2.45) is 7.05 Å². The Morgan fingerprint density at radius 1 is 1.32 bits per heavy atom. The van der Waals surface area contributed by atoms with Crippen molar-refractivity contribution in [3.8, 4) is 0 Å². The van der Waals surface area contributed by atoms with Gasteiger partial charge in [-0.2, -0.15) is 5.10 Å². The summed E-state index contributed by atoms with van der Waals surface area (Å²) in [6.45, 7) is 3.03. The third kappa shape index (κ3) is 3.71. The topological polar surface area (TPSA) is 58.4 Å². The molecule has 0 radical (unpaired) electrons. The van der Waals surface area contributed by atoms with Gasteiger partial charge in [0.25, 0.3) is 0 Å². The number of alkyl halides is 1. The number of halogens is 3. The van der Waals surface area contributed by atoms with Crippen molar-refractivity contribution >= 4 is 40.0 Å². The SMILES string of the molecule is C[C@H]1c2cccc([C@](C)(O)CF)c2CCN1C(=O)Cc1c(Cl)ccc2c1c(Cl)nn2C. The molecule has 0 unspecified atom stereocenters. The molecule has 1 N–H and O–H groups in total. The van der Waals surface area contributed by atoms with Crippen molar-refractivity contribution in [1.29, 1.82) is 0 Å². The van der Waals surface area contributed by atoms with Crippen molar-refractivity contribution in [3.63, 3.8) is 0 Å². The molecule has 4 rings (SSSR count). The summed E-state index contributed by atoms with van der Waals surface area (Å²) in [6.07, 6.45) is 0.645. The van der Waals surface area contributed by atoms with Gasteiger partial charge in [-0.25, -0.2) is 4.39 Å². The first kappa shape index (κ1) is 22.1. The Balaban J connectivity index is 1.66. The van der Waals surface area contributed by atoms with Gasteiger partial charge in [0.2, 0.25) is 5.91 Å². The van der Waals surface area contributed by atoms with Crippen LogP contribution >= 0.6 is 23.2 Å². The fraction of sp³-hybridized carbons (Fsp3) is 0.391. The van der Waals surface area contributed by atoms with Crippen LogP contribution in [0.15, 0.2) is 30.3 Å². The molecule has 0 fully saturated rings. The molecular formula is C23H24Cl2FN3O2. The van der Waals surface area contributed by atoms with Gasteiger partial charge < -0.3 is 10.0 Å². The van der Waals surface area contributed by atoms with Gasteiger partial charge in [0.05, 0.1) is 18.0 Å². The van der Waals surface area contributed by atoms with E-state index >= 15 is 0 Å². The van der Waals surface area contributed by atoms with Gasteiger partial charge in [-0.3, -0.25) is 9.48 Å². The maximum absolute atomic E-state index is 13.4. The van der Waals surface area contributed by atoms with Crippen LogP contribution in [0.2, 0.25) is 10.2 Å². The first-order valence-corrected chi connectivity index (χ1v) is 10.9. The smallest absolute Gasteiger partial charge is 0.227 e. The summed E-state index contributed by atoms with van der Waals surface area (Å²) >= 11 is 12.8. The normalized spacial score (nSPS) is 18.2. The van der Waals surface area contributed by atoms with Gasteiger partial charge in [-0.05, 0) is 54.7 Å². The van der Waals surface area contributed by atoms with Gasteiger partial charge in [-0.1, -0.05) is 41.4 Å². The highest BCUT2D eigenvalue weighted by atomic mass is 35.5. The van der Waals surface area contributed by atoms with Crippen molar-refractivity contribution in [1.82, 2.24) is 14.7 Å². The van der Waals surface area contributed by atoms with Gasteiger partial charge in [0.15, 0.2) is 5.15 Å². The average Bonchev–Trinajstić information content (AvgIpc) is 3.03. The monoisotopic (exact) mass is 463 g/mol. The largest absolute Gasteiger partial charge is 0.383 e. The Kier molecular flexibility index (Phi) is 5.75. The zero-order valence-electron chi connectivity index (χ0n) is 17.6. The van der Waals surface area contributed by atoms with E-state index in [1.165, 1.54) is 6.92 Å². The Bertz CT molecular complexity index is 1180. The minimum Gasteiger partial charge on any atom is -0.383 e. The number of nitrogens with zero attached hydrogens (tertiary/aromatic N) is 3. The summed E-state index contributed by atoms with van der Waals surface area (Å²) < 4.78 is 15.1. The number of amides is 1. The number of aliphatic hydroxyl groups is 1. The van der Waals surface area contributed by atoms with Crippen molar-refractivity contribution < 1.29 is 14.3 Å². The quantitative estimate of drug-likeness (QED) is 0.607. The lowest BCUT2D eigenvalue weighted by atomic mass is 9.83. The number of benzene rings is 2. The Hall–Kier alpha value is -2.15. The molecular weight excluding hydrogens is 440 g/mol. The highest BCUT2D eigenvalue weighted by molar-refractivity contribution is 6.37. The number of carbonyl (C=O) groups is 1. The molecule has 0 saturated carbocycles. The second-order valence-electron chi connectivity index (χ2n) is 8.31. The van der Waals surface area contributed by atoms with Crippen LogP contribution in [0.3, 0.4) is 0 Å². The van der Waals surface area contributed by atoms with Crippen molar-refractivity contribution in [2.45, 2.75) is 38.3 Å². The van der Waals surface area contributed by atoms with Gasteiger partial charge in [0.1, 0.15) is 12.3 Å². The fourth-order valence-electron chi connectivity index (χ4n) is 4.56. The number of carbonyl (C=O) groups excluding carboxylic acids is 1. The summed E-state index contributed by atoms with van der Waals surface area (Å²) in [5.74, 6) is -0.0740. The minimum atomic E-state index is -1.54. The molecule has 5 nitrogen and oxygen atoms in total. The molecule has 2 heterocycles. The van der Waals surface area contributed by atoms with Crippen LogP contribution in [0.25, 0.3) is 10.9 Å². The van der Waals surface area contributed by atoms with E-state index in [1.54, 1.807) is 34.8 Å². The molecule has 31 heavy (non-hydrogen) atoms. The zero-order valence-corrected chi connectivity index (χ0v) is 19.1. The Labute approximate surface area is 190 Å². The number of hydrogen-bond acceptors (Lipinski definition) is 3. The van der Waals surface area contributed by atoms with Crippen molar-refractivity contribution in [2.75, 3.05) is 13.2 Å². The van der Waals surface area contributed by atoms with Crippen LogP contribution in [-0.2, 0) is 30.3 Å². The van der Waals surface area contributed by atoms with Crippen molar-refractivity contribution in [3.05, 3.63) is 62.8 Å². The van der Waals surface area contributed by atoms with E-state index in [4.69, 9.17) is 23.2 Å². The van der Waals surface area contributed by atoms with Crippen LogP contribution in [0.1, 0.15) is 42.1 Å². The lowest BCUT2D eigenvalue weighted by molar-refractivity contribution is -0.133. The molecule has 2 aromatic carbocycles. The number of fused-ring (bicyclic) bond motifs is 2. The summed E-state index contributed by atoms with van der Waals surface area (Å²) in [6, 6.07) is 8.87. The first-order valence-electron chi connectivity index (χ1n) is 10.2. The highest BCUT2D eigenvalue weighted by Gasteiger charge is 2.34. The Morgan fingerprint density at radius 3 is 2.77 bits per heavy atom. The second-order valence-corrected chi connectivity index (χ2v) is 9.07. The van der Waals surface area contributed by atoms with E-state index in [0.29, 0.717) is 39.7 Å². The number of aryl methyl sites for hydroxylation is 1. The van der Waals surface area contributed by atoms with Gasteiger partial charge >= 0.3 is 0 Å². The molecule has 1 aliphatic rings. The standard InChI is InChI=1S/C23H24Cl2FN3O2/c1-13-14-5-4-6-17(23(2,31)12-26)15(14)9-10-29(13)20(30)11-16-18(24)7-8-19-21(16)22(25)27-28(19)3/h4-8,13,31H,9-12H2,1-3H3/t13-,23+/m0/s1. The average molecular weight is 464 g/mol. The van der Waals surface area contributed by atoms with E-state index in [1.807, 2.05) is 19.1 Å². The van der Waals surface area contributed by atoms with E-state index in [0.717, 1.165) is 16.6 Å². The molecule has 0 bridgehead atoms. The van der Waals surface area contributed by atoms with E-state index < -0.39 is 12.3 Å². The molecule has 164 valence electrons. The van der Waals surface area contributed by atoms with E-state index in [9.17, 15) is 14.3 Å². The molecule has 8 heteroatoms. The molecule has 3 aromatic rings. The lowest BCUT2D eigenvalue weighted by Gasteiger charge is -2.38. The number of hydrogen-bond donors (Lipinski definition) is 1. The summed E-state index contributed by atoms with van der Waals surface area (Å²) in [5.41, 5.74) is 2.35. The molecule has 1 aliphatic heterocycles. The Morgan fingerprint density at radius 2 is 2.06 bits per heavy atom. The maximum Gasteiger partial charge on any atom is 0.227 e. The van der Waals surface area contributed by atoms with Crippen LogP contribution in [-0.4, -0.2) is 38.9 Å². The third-order valence-electron chi connectivity index (χ3n) is 6.25. The number of aromatic nitrogens is 2. The fourth-order valence-corrected chi connectivity index (χ4v) is 5.11. The highest BCUT2D eigenvalue weighted by Crippen LogP contribution is 2.37. The van der Waals surface area contributed by atoms with Gasteiger partial charge in [0, 0.05) is 24.0 Å².